The monoisotopic (exact) mass is 278 g/mol. The number of carbonyl (C=O) groups excluding carboxylic acids is 2. The van der Waals surface area contributed by atoms with Gasteiger partial charge in [0.25, 0.3) is 0 Å². The number of halogens is 1. The number of benzene rings is 1. The first-order chi connectivity index (χ1) is 9.54. The van der Waals surface area contributed by atoms with Crippen LogP contribution in [-0.4, -0.2) is 35.8 Å². The molecule has 20 heavy (non-hydrogen) atoms. The lowest BCUT2D eigenvalue weighted by atomic mass is 10.0. The van der Waals surface area contributed by atoms with E-state index in [-0.39, 0.29) is 23.7 Å². The van der Waals surface area contributed by atoms with Crippen molar-refractivity contribution in [2.24, 2.45) is 0 Å². The SMILES string of the molecule is CC(=O)NC1CCN(C(=O)Cc2ccc(F)cc2)CC1. The van der Waals surface area contributed by atoms with Crippen LogP contribution in [0.3, 0.4) is 0 Å². The van der Waals surface area contributed by atoms with Crippen molar-refractivity contribution in [1.29, 1.82) is 0 Å². The number of carbonyl (C=O) groups is 2. The largest absolute Gasteiger partial charge is 0.353 e. The average Bonchev–Trinajstić information content (AvgIpc) is 2.41. The van der Waals surface area contributed by atoms with Gasteiger partial charge in [0.05, 0.1) is 6.42 Å². The van der Waals surface area contributed by atoms with Gasteiger partial charge in [-0.05, 0) is 30.5 Å². The Morgan fingerprint density at radius 2 is 1.85 bits per heavy atom. The van der Waals surface area contributed by atoms with Gasteiger partial charge in [-0.2, -0.15) is 0 Å². The van der Waals surface area contributed by atoms with Crippen molar-refractivity contribution in [3.8, 4) is 0 Å². The highest BCUT2D eigenvalue weighted by Crippen LogP contribution is 2.13. The highest BCUT2D eigenvalue weighted by Gasteiger charge is 2.23. The molecule has 1 heterocycles. The Morgan fingerprint density at radius 3 is 2.40 bits per heavy atom. The summed E-state index contributed by atoms with van der Waals surface area (Å²) in [4.78, 5) is 24.9. The summed E-state index contributed by atoms with van der Waals surface area (Å²) in [7, 11) is 0. The van der Waals surface area contributed by atoms with Crippen LogP contribution in [0.1, 0.15) is 25.3 Å². The topological polar surface area (TPSA) is 49.4 Å². The molecule has 1 aliphatic rings. The summed E-state index contributed by atoms with van der Waals surface area (Å²) in [6, 6.07) is 6.17. The third kappa shape index (κ3) is 4.05. The van der Waals surface area contributed by atoms with Gasteiger partial charge < -0.3 is 10.2 Å². The molecule has 2 amide bonds. The van der Waals surface area contributed by atoms with Gasteiger partial charge in [0.2, 0.25) is 11.8 Å². The number of hydrogen-bond acceptors (Lipinski definition) is 2. The maximum atomic E-state index is 12.8. The molecule has 0 spiro atoms. The Bertz CT molecular complexity index is 479. The lowest BCUT2D eigenvalue weighted by Gasteiger charge is -2.32. The van der Waals surface area contributed by atoms with Crippen LogP contribution in [0.15, 0.2) is 24.3 Å². The lowest BCUT2D eigenvalue weighted by Crippen LogP contribution is -2.46. The van der Waals surface area contributed by atoms with Crippen molar-refractivity contribution >= 4 is 11.8 Å². The van der Waals surface area contributed by atoms with E-state index in [0.29, 0.717) is 19.5 Å². The van der Waals surface area contributed by atoms with Crippen LogP contribution in [0, 0.1) is 5.82 Å². The summed E-state index contributed by atoms with van der Waals surface area (Å²) in [6.45, 7) is 2.82. The van der Waals surface area contributed by atoms with E-state index in [2.05, 4.69) is 5.32 Å². The van der Waals surface area contributed by atoms with Crippen molar-refractivity contribution in [3.05, 3.63) is 35.6 Å². The summed E-state index contributed by atoms with van der Waals surface area (Å²) in [5.74, 6) is -0.267. The molecule has 1 fully saturated rings. The van der Waals surface area contributed by atoms with Crippen LogP contribution in [0.2, 0.25) is 0 Å². The zero-order chi connectivity index (χ0) is 14.5. The van der Waals surface area contributed by atoms with Gasteiger partial charge >= 0.3 is 0 Å². The molecular formula is C15H19FN2O2. The van der Waals surface area contributed by atoms with Crippen molar-refractivity contribution < 1.29 is 14.0 Å². The summed E-state index contributed by atoms with van der Waals surface area (Å²) < 4.78 is 12.8. The third-order valence-electron chi connectivity index (χ3n) is 3.52. The minimum absolute atomic E-state index is 0.0268. The molecule has 0 unspecified atom stereocenters. The lowest BCUT2D eigenvalue weighted by molar-refractivity contribution is -0.131. The Balaban J connectivity index is 1.82. The summed E-state index contributed by atoms with van der Waals surface area (Å²) in [5, 5.41) is 2.88. The van der Waals surface area contributed by atoms with Crippen LogP contribution in [0.4, 0.5) is 4.39 Å². The number of hydrogen-bond donors (Lipinski definition) is 1. The van der Waals surface area contributed by atoms with Gasteiger partial charge in [-0.25, -0.2) is 4.39 Å². The Hall–Kier alpha value is -1.91. The molecule has 1 saturated heterocycles. The highest BCUT2D eigenvalue weighted by molar-refractivity contribution is 5.79. The number of likely N-dealkylation sites (tertiary alicyclic amines) is 1. The van der Waals surface area contributed by atoms with Crippen molar-refractivity contribution in [2.45, 2.75) is 32.2 Å². The minimum Gasteiger partial charge on any atom is -0.353 e. The van der Waals surface area contributed by atoms with Gasteiger partial charge in [-0.1, -0.05) is 12.1 Å². The van der Waals surface area contributed by atoms with Gasteiger partial charge in [0.1, 0.15) is 5.82 Å². The molecule has 4 nitrogen and oxygen atoms in total. The smallest absolute Gasteiger partial charge is 0.226 e. The normalized spacial score (nSPS) is 16.0. The second-order valence-electron chi connectivity index (χ2n) is 5.16. The molecule has 2 rings (SSSR count). The molecule has 1 aromatic rings. The molecule has 1 aliphatic heterocycles. The molecule has 0 aromatic heterocycles. The molecule has 108 valence electrons. The fourth-order valence-electron chi connectivity index (χ4n) is 2.45. The molecule has 0 aliphatic carbocycles. The maximum absolute atomic E-state index is 12.8. The molecule has 5 heteroatoms. The minimum atomic E-state index is -0.294. The predicted molar refractivity (Wildman–Crippen MR) is 73.5 cm³/mol. The first kappa shape index (κ1) is 14.5. The zero-order valence-electron chi connectivity index (χ0n) is 11.6. The number of piperidine rings is 1. The molecule has 1 N–H and O–H groups in total. The quantitative estimate of drug-likeness (QED) is 0.911. The number of nitrogens with zero attached hydrogens (tertiary/aromatic N) is 1. The molecule has 1 aromatic carbocycles. The Kier molecular flexibility index (Phi) is 4.71. The third-order valence-corrected chi connectivity index (χ3v) is 3.52. The first-order valence-electron chi connectivity index (χ1n) is 6.84. The number of amides is 2. The number of nitrogens with one attached hydrogen (secondary N) is 1. The van der Waals surface area contributed by atoms with Gasteiger partial charge in [-0.15, -0.1) is 0 Å². The van der Waals surface area contributed by atoms with Gasteiger partial charge in [0.15, 0.2) is 0 Å². The molecule has 0 saturated carbocycles. The molecular weight excluding hydrogens is 259 g/mol. The van der Waals surface area contributed by atoms with Gasteiger partial charge in [-0.3, -0.25) is 9.59 Å². The fourth-order valence-corrected chi connectivity index (χ4v) is 2.45. The van der Waals surface area contributed by atoms with Crippen LogP contribution in [0.25, 0.3) is 0 Å². The van der Waals surface area contributed by atoms with Crippen LogP contribution >= 0.6 is 0 Å². The van der Waals surface area contributed by atoms with Crippen molar-refractivity contribution in [1.82, 2.24) is 10.2 Å². The van der Waals surface area contributed by atoms with Crippen LogP contribution in [0.5, 0.6) is 0 Å². The van der Waals surface area contributed by atoms with E-state index in [1.165, 1.54) is 19.1 Å². The van der Waals surface area contributed by atoms with Crippen LogP contribution in [-0.2, 0) is 16.0 Å². The van der Waals surface area contributed by atoms with Crippen LogP contribution < -0.4 is 5.32 Å². The summed E-state index contributed by atoms with van der Waals surface area (Å²) in [6.07, 6.45) is 1.87. The van der Waals surface area contributed by atoms with Crippen molar-refractivity contribution in [2.75, 3.05) is 13.1 Å². The fraction of sp³-hybridized carbons (Fsp3) is 0.467. The summed E-state index contributed by atoms with van der Waals surface area (Å²) >= 11 is 0. The molecule has 0 bridgehead atoms. The zero-order valence-corrected chi connectivity index (χ0v) is 11.6. The van der Waals surface area contributed by atoms with E-state index in [0.717, 1.165) is 18.4 Å². The van der Waals surface area contributed by atoms with E-state index in [9.17, 15) is 14.0 Å². The first-order valence-corrected chi connectivity index (χ1v) is 6.84. The van der Waals surface area contributed by atoms with Gasteiger partial charge in [0, 0.05) is 26.1 Å². The maximum Gasteiger partial charge on any atom is 0.226 e. The van der Waals surface area contributed by atoms with Crippen molar-refractivity contribution in [3.63, 3.8) is 0 Å². The summed E-state index contributed by atoms with van der Waals surface area (Å²) in [5.41, 5.74) is 0.820. The Labute approximate surface area is 118 Å². The molecule has 0 radical (unpaired) electrons. The highest BCUT2D eigenvalue weighted by atomic mass is 19.1. The van der Waals surface area contributed by atoms with E-state index < -0.39 is 0 Å². The van der Waals surface area contributed by atoms with E-state index in [4.69, 9.17) is 0 Å². The molecule has 0 atom stereocenters. The van der Waals surface area contributed by atoms with E-state index in [1.54, 1.807) is 12.1 Å². The van der Waals surface area contributed by atoms with E-state index in [1.807, 2.05) is 4.90 Å². The predicted octanol–water partition coefficient (Wildman–Crippen LogP) is 1.50. The second-order valence-corrected chi connectivity index (χ2v) is 5.16. The average molecular weight is 278 g/mol. The standard InChI is InChI=1S/C15H19FN2O2/c1-11(19)17-14-6-8-18(9-7-14)15(20)10-12-2-4-13(16)5-3-12/h2-5,14H,6-10H2,1H3,(H,17,19). The second kappa shape index (κ2) is 6.50. The number of rotatable bonds is 3. The Morgan fingerprint density at radius 1 is 1.25 bits per heavy atom. The van der Waals surface area contributed by atoms with E-state index >= 15 is 0 Å².